The predicted molar refractivity (Wildman–Crippen MR) is 81.7 cm³/mol. The Morgan fingerprint density at radius 1 is 1.05 bits per heavy atom. The molecule has 0 bridgehead atoms. The van der Waals surface area contributed by atoms with Crippen molar-refractivity contribution in [3.8, 4) is 0 Å². The minimum atomic E-state index is -0.627. The molecular weight excluding hydrogens is 258 g/mol. The largest absolute Gasteiger partial charge is 0.260 e. The third-order valence-electron chi connectivity index (χ3n) is 4.02. The SMILES string of the molecule is CC(C)CCS(=O)CCCCC[N+]1(O)CCCCC1. The Balaban J connectivity index is 2.00. The molecule has 0 radical (unpaired) electrons. The van der Waals surface area contributed by atoms with E-state index >= 15 is 0 Å². The maximum Gasteiger partial charge on any atom is 0.109 e. The van der Waals surface area contributed by atoms with E-state index in [9.17, 15) is 9.42 Å². The summed E-state index contributed by atoms with van der Waals surface area (Å²) in [5.74, 6) is 2.36. The lowest BCUT2D eigenvalue weighted by atomic mass is 10.1. The van der Waals surface area contributed by atoms with E-state index in [0.29, 0.717) is 5.92 Å². The Morgan fingerprint density at radius 2 is 1.74 bits per heavy atom. The first kappa shape index (κ1) is 17.1. The van der Waals surface area contributed by atoms with Crippen LogP contribution in [-0.4, -0.2) is 45.2 Å². The third kappa shape index (κ3) is 8.05. The van der Waals surface area contributed by atoms with Gasteiger partial charge in [0.05, 0.1) is 0 Å². The zero-order valence-corrected chi connectivity index (χ0v) is 13.6. The summed E-state index contributed by atoms with van der Waals surface area (Å²) in [5, 5.41) is 10.3. The summed E-state index contributed by atoms with van der Waals surface area (Å²) in [6.45, 7) is 7.11. The molecule has 1 rings (SSSR count). The van der Waals surface area contributed by atoms with Gasteiger partial charge in [0, 0.05) is 22.3 Å². The van der Waals surface area contributed by atoms with Gasteiger partial charge < -0.3 is 0 Å². The van der Waals surface area contributed by atoms with Gasteiger partial charge in [0.2, 0.25) is 0 Å². The van der Waals surface area contributed by atoms with Gasteiger partial charge in [-0.2, -0.15) is 4.65 Å². The Hall–Kier alpha value is 0.0700. The third-order valence-corrected chi connectivity index (χ3v) is 5.45. The minimum Gasteiger partial charge on any atom is -0.260 e. The summed E-state index contributed by atoms with van der Waals surface area (Å²) >= 11 is 0. The topological polar surface area (TPSA) is 37.3 Å². The normalized spacial score (nSPS) is 20.6. The van der Waals surface area contributed by atoms with Crippen LogP contribution in [0.3, 0.4) is 0 Å². The van der Waals surface area contributed by atoms with E-state index in [1.54, 1.807) is 0 Å². The van der Waals surface area contributed by atoms with E-state index in [0.717, 1.165) is 69.7 Å². The van der Waals surface area contributed by atoms with E-state index in [4.69, 9.17) is 0 Å². The van der Waals surface area contributed by atoms with Crippen LogP contribution in [0.25, 0.3) is 0 Å². The van der Waals surface area contributed by atoms with Crippen LogP contribution in [0.1, 0.15) is 58.8 Å². The number of unbranched alkanes of at least 4 members (excludes halogenated alkanes) is 2. The van der Waals surface area contributed by atoms with E-state index in [1.807, 2.05) is 0 Å². The average molecular weight is 290 g/mol. The summed E-state index contributed by atoms with van der Waals surface area (Å²) in [4.78, 5) is 0. The first-order valence-electron chi connectivity index (χ1n) is 7.96. The molecule has 1 aliphatic rings. The second kappa shape index (κ2) is 9.09. The van der Waals surface area contributed by atoms with E-state index in [-0.39, 0.29) is 4.65 Å². The van der Waals surface area contributed by atoms with Crippen molar-refractivity contribution in [2.45, 2.75) is 58.8 Å². The fourth-order valence-corrected chi connectivity index (χ4v) is 4.10. The molecule has 0 saturated carbocycles. The number of hydroxylamine groups is 3. The Kier molecular flexibility index (Phi) is 8.19. The van der Waals surface area contributed by atoms with Crippen molar-refractivity contribution in [3.63, 3.8) is 0 Å². The lowest BCUT2D eigenvalue weighted by Gasteiger charge is -2.33. The molecule has 4 heteroatoms. The molecule has 0 spiro atoms. The monoisotopic (exact) mass is 290 g/mol. The maximum absolute atomic E-state index is 11.7. The van der Waals surface area contributed by atoms with Crippen LogP contribution in [0.5, 0.6) is 0 Å². The molecule has 19 heavy (non-hydrogen) atoms. The van der Waals surface area contributed by atoms with Gasteiger partial charge in [-0.1, -0.05) is 13.8 Å². The summed E-state index contributed by atoms with van der Waals surface area (Å²) < 4.78 is 12.0. The van der Waals surface area contributed by atoms with Crippen molar-refractivity contribution in [1.82, 2.24) is 0 Å². The summed E-state index contributed by atoms with van der Waals surface area (Å²) in [6.07, 6.45) is 7.89. The molecule has 1 atom stereocenters. The smallest absolute Gasteiger partial charge is 0.109 e. The number of quaternary nitrogens is 1. The van der Waals surface area contributed by atoms with Gasteiger partial charge in [-0.25, -0.2) is 5.21 Å². The fraction of sp³-hybridized carbons (Fsp3) is 1.00. The molecule has 114 valence electrons. The van der Waals surface area contributed by atoms with Gasteiger partial charge in [-0.05, 0) is 50.9 Å². The second-order valence-electron chi connectivity index (χ2n) is 6.42. The Bertz CT molecular complexity index is 263. The van der Waals surface area contributed by atoms with Gasteiger partial charge in [0.1, 0.15) is 19.6 Å². The average Bonchev–Trinajstić information content (AvgIpc) is 2.36. The molecule has 1 saturated heterocycles. The van der Waals surface area contributed by atoms with E-state index < -0.39 is 10.8 Å². The number of hydrogen-bond acceptors (Lipinski definition) is 2. The van der Waals surface area contributed by atoms with Crippen LogP contribution >= 0.6 is 0 Å². The molecule has 3 nitrogen and oxygen atoms in total. The van der Waals surface area contributed by atoms with Crippen LogP contribution in [0.2, 0.25) is 0 Å². The molecule has 0 aromatic carbocycles. The zero-order chi connectivity index (χ0) is 14.1. The van der Waals surface area contributed by atoms with Gasteiger partial charge in [-0.3, -0.25) is 4.21 Å². The van der Waals surface area contributed by atoms with Gasteiger partial charge in [-0.15, -0.1) is 0 Å². The highest BCUT2D eigenvalue weighted by Gasteiger charge is 2.27. The lowest BCUT2D eigenvalue weighted by molar-refractivity contribution is -1.10. The number of piperidine rings is 1. The van der Waals surface area contributed by atoms with Crippen molar-refractivity contribution >= 4 is 10.8 Å². The number of hydrogen-bond donors (Lipinski definition) is 1. The Morgan fingerprint density at radius 3 is 2.37 bits per heavy atom. The van der Waals surface area contributed by atoms with E-state index in [2.05, 4.69) is 13.8 Å². The number of rotatable bonds is 9. The minimum absolute atomic E-state index is 0.288. The molecule has 0 aliphatic carbocycles. The molecule has 1 fully saturated rings. The lowest BCUT2D eigenvalue weighted by Crippen LogP contribution is -2.49. The zero-order valence-electron chi connectivity index (χ0n) is 12.8. The first-order chi connectivity index (χ1) is 9.02. The van der Waals surface area contributed by atoms with Crippen molar-refractivity contribution in [2.75, 3.05) is 31.1 Å². The summed E-state index contributed by atoms with van der Waals surface area (Å²) in [6, 6.07) is 0. The van der Waals surface area contributed by atoms with Crippen molar-refractivity contribution in [1.29, 1.82) is 0 Å². The van der Waals surface area contributed by atoms with Crippen LogP contribution in [0, 0.1) is 5.92 Å². The van der Waals surface area contributed by atoms with Gasteiger partial charge in [0.15, 0.2) is 0 Å². The summed E-state index contributed by atoms with van der Waals surface area (Å²) in [7, 11) is -0.627. The number of likely N-dealkylation sites (tertiary alicyclic amines) is 1. The standard InChI is InChI=1S/C15H32NO2S/c1-15(2)9-14-19(18)13-8-4-7-12-16(17)10-5-3-6-11-16/h15,17H,3-14H2,1-2H3/q+1. The molecular formula is C15H32NO2S+. The molecule has 1 unspecified atom stereocenters. The maximum atomic E-state index is 11.7. The number of nitrogens with zero attached hydrogens (tertiary/aromatic N) is 1. The molecule has 1 N–H and O–H groups in total. The fourth-order valence-electron chi connectivity index (χ4n) is 2.64. The van der Waals surface area contributed by atoms with Crippen molar-refractivity contribution < 1.29 is 14.1 Å². The van der Waals surface area contributed by atoms with Crippen LogP contribution < -0.4 is 0 Å². The van der Waals surface area contributed by atoms with Gasteiger partial charge in [0.25, 0.3) is 0 Å². The molecule has 1 aliphatic heterocycles. The second-order valence-corrected chi connectivity index (χ2v) is 8.11. The van der Waals surface area contributed by atoms with Crippen molar-refractivity contribution in [3.05, 3.63) is 0 Å². The van der Waals surface area contributed by atoms with Crippen molar-refractivity contribution in [2.24, 2.45) is 5.92 Å². The highest BCUT2D eigenvalue weighted by Crippen LogP contribution is 2.17. The predicted octanol–water partition coefficient (Wildman–Crippen LogP) is 3.34. The molecule has 1 heterocycles. The first-order valence-corrected chi connectivity index (χ1v) is 9.44. The van der Waals surface area contributed by atoms with Gasteiger partial charge >= 0.3 is 0 Å². The summed E-state index contributed by atoms with van der Waals surface area (Å²) in [5.41, 5.74) is 0. The highest BCUT2D eigenvalue weighted by atomic mass is 32.2. The van der Waals surface area contributed by atoms with Crippen LogP contribution in [0.15, 0.2) is 0 Å². The molecule has 0 aromatic heterocycles. The Labute approximate surface area is 121 Å². The van der Waals surface area contributed by atoms with E-state index in [1.165, 1.54) is 6.42 Å². The molecule has 0 aromatic rings. The van der Waals surface area contributed by atoms with Crippen LogP contribution in [0.4, 0.5) is 0 Å². The van der Waals surface area contributed by atoms with Crippen LogP contribution in [-0.2, 0) is 10.8 Å². The molecule has 0 amide bonds. The highest BCUT2D eigenvalue weighted by molar-refractivity contribution is 7.84. The quantitative estimate of drug-likeness (QED) is 0.522.